The van der Waals surface area contributed by atoms with Crippen LogP contribution in [0.5, 0.6) is 0 Å². The van der Waals surface area contributed by atoms with Crippen LogP contribution in [0.1, 0.15) is 23.7 Å². The van der Waals surface area contributed by atoms with Crippen molar-refractivity contribution in [3.63, 3.8) is 0 Å². The Bertz CT molecular complexity index is 785. The number of hydrogen-bond acceptors (Lipinski definition) is 4. The van der Waals surface area contributed by atoms with Crippen LogP contribution in [0.3, 0.4) is 0 Å². The van der Waals surface area contributed by atoms with E-state index in [1.807, 2.05) is 19.1 Å². The summed E-state index contributed by atoms with van der Waals surface area (Å²) in [5, 5.41) is 10.1. The van der Waals surface area contributed by atoms with Crippen LogP contribution in [0.15, 0.2) is 38.3 Å². The zero-order valence-corrected chi connectivity index (χ0v) is 14.5. The zero-order chi connectivity index (χ0) is 15.2. The molecule has 1 aliphatic rings. The monoisotopic (exact) mass is 387 g/mol. The Labute approximate surface area is 136 Å². The van der Waals surface area contributed by atoms with Crippen molar-refractivity contribution in [2.45, 2.75) is 23.7 Å². The normalized spacial score (nSPS) is 18.6. The summed E-state index contributed by atoms with van der Waals surface area (Å²) in [6.45, 7) is 2.15. The highest BCUT2D eigenvalue weighted by molar-refractivity contribution is 9.11. The van der Waals surface area contributed by atoms with Crippen molar-refractivity contribution in [2.24, 2.45) is 0 Å². The summed E-state index contributed by atoms with van der Waals surface area (Å²) in [5.74, 6) is 0. The lowest BCUT2D eigenvalue weighted by Crippen LogP contribution is -2.37. The number of anilines is 1. The van der Waals surface area contributed by atoms with Crippen molar-refractivity contribution in [2.75, 3.05) is 10.8 Å². The molecule has 0 fully saturated rings. The third-order valence-corrected chi connectivity index (χ3v) is 7.47. The van der Waals surface area contributed by atoms with Crippen molar-refractivity contribution in [3.8, 4) is 0 Å². The number of halogens is 1. The molecule has 1 atom stereocenters. The molecule has 0 bridgehead atoms. The van der Waals surface area contributed by atoms with Gasteiger partial charge in [0, 0.05) is 12.1 Å². The molecule has 7 heteroatoms. The number of nitrogens with zero attached hydrogens (tertiary/aromatic N) is 1. The van der Waals surface area contributed by atoms with E-state index >= 15 is 0 Å². The van der Waals surface area contributed by atoms with Gasteiger partial charge >= 0.3 is 0 Å². The lowest BCUT2D eigenvalue weighted by molar-refractivity contribution is 0.166. The molecule has 1 unspecified atom stereocenters. The summed E-state index contributed by atoms with van der Waals surface area (Å²) in [7, 11) is -3.59. The van der Waals surface area contributed by atoms with E-state index in [0.29, 0.717) is 21.9 Å². The highest BCUT2D eigenvalue weighted by atomic mass is 79.9. The second kappa shape index (κ2) is 5.39. The van der Waals surface area contributed by atoms with Crippen molar-refractivity contribution >= 4 is 43.0 Å². The van der Waals surface area contributed by atoms with Gasteiger partial charge in [-0.15, -0.1) is 11.3 Å². The number of aryl methyl sites for hydroxylation is 1. The smallest absolute Gasteiger partial charge is 0.273 e. The molecule has 1 N–H and O–H groups in total. The summed E-state index contributed by atoms with van der Waals surface area (Å²) < 4.78 is 28.2. The number of hydrogen-bond donors (Lipinski definition) is 1. The third kappa shape index (κ3) is 2.52. The van der Waals surface area contributed by atoms with Crippen LogP contribution in [-0.4, -0.2) is 20.1 Å². The minimum atomic E-state index is -3.59. The molecule has 0 saturated carbocycles. The fraction of sp³-hybridized carbons (Fsp3) is 0.286. The third-order valence-electron chi connectivity index (χ3n) is 3.58. The zero-order valence-electron chi connectivity index (χ0n) is 11.3. The van der Waals surface area contributed by atoms with Crippen LogP contribution in [0.25, 0.3) is 0 Å². The van der Waals surface area contributed by atoms with E-state index in [9.17, 15) is 13.5 Å². The van der Waals surface area contributed by atoms with Gasteiger partial charge < -0.3 is 5.11 Å². The second-order valence-electron chi connectivity index (χ2n) is 4.95. The number of fused-ring (bicyclic) bond motifs is 1. The van der Waals surface area contributed by atoms with Gasteiger partial charge in [-0.3, -0.25) is 4.31 Å². The molecule has 1 aliphatic heterocycles. The van der Waals surface area contributed by atoms with Gasteiger partial charge in [-0.1, -0.05) is 18.2 Å². The van der Waals surface area contributed by atoms with Crippen molar-refractivity contribution < 1.29 is 13.5 Å². The maximum absolute atomic E-state index is 12.9. The minimum absolute atomic E-state index is 0.289. The topological polar surface area (TPSA) is 57.6 Å². The van der Waals surface area contributed by atoms with Gasteiger partial charge in [-0.2, -0.15) is 0 Å². The SMILES string of the molecule is Cc1cccc2c1N(S(=O)(=O)c1ccc(Br)s1)CCC2O. The van der Waals surface area contributed by atoms with Crippen molar-refractivity contribution in [3.05, 3.63) is 45.2 Å². The maximum atomic E-state index is 12.9. The first-order valence-corrected chi connectivity index (χ1v) is 9.52. The standard InChI is InChI=1S/C14H14BrNO3S2/c1-9-3-2-4-10-11(17)7-8-16(14(9)10)21(18,19)13-6-5-12(15)20-13/h2-6,11,17H,7-8H2,1H3. The second-order valence-corrected chi connectivity index (χ2v) is 9.51. The molecule has 0 radical (unpaired) electrons. The predicted molar refractivity (Wildman–Crippen MR) is 87.3 cm³/mol. The molecular weight excluding hydrogens is 374 g/mol. The van der Waals surface area contributed by atoms with E-state index in [0.717, 1.165) is 9.35 Å². The van der Waals surface area contributed by atoms with Crippen molar-refractivity contribution in [1.29, 1.82) is 0 Å². The molecule has 0 spiro atoms. The average molecular weight is 388 g/mol. The molecule has 4 nitrogen and oxygen atoms in total. The van der Waals surface area contributed by atoms with Crippen LogP contribution in [0.4, 0.5) is 5.69 Å². The summed E-state index contributed by atoms with van der Waals surface area (Å²) in [6.07, 6.45) is -0.205. The number of thiophene rings is 1. The molecule has 0 aliphatic carbocycles. The number of aliphatic hydroxyl groups excluding tert-OH is 1. The van der Waals surface area contributed by atoms with Crippen LogP contribution in [0.2, 0.25) is 0 Å². The molecule has 1 aromatic heterocycles. The van der Waals surface area contributed by atoms with Crippen LogP contribution < -0.4 is 4.31 Å². The Hall–Kier alpha value is -0.890. The maximum Gasteiger partial charge on any atom is 0.273 e. The van der Waals surface area contributed by atoms with Gasteiger partial charge in [0.15, 0.2) is 0 Å². The quantitative estimate of drug-likeness (QED) is 0.858. The Balaban J connectivity index is 2.15. The average Bonchev–Trinajstić information content (AvgIpc) is 2.87. The Morgan fingerprint density at radius 3 is 2.76 bits per heavy atom. The summed E-state index contributed by atoms with van der Waals surface area (Å²) >= 11 is 4.49. The molecule has 21 heavy (non-hydrogen) atoms. The number of para-hydroxylation sites is 1. The fourth-order valence-electron chi connectivity index (χ4n) is 2.58. The van der Waals surface area contributed by atoms with E-state index in [1.54, 1.807) is 18.2 Å². The Kier molecular flexibility index (Phi) is 3.85. The van der Waals surface area contributed by atoms with Crippen LogP contribution in [0, 0.1) is 6.92 Å². The van der Waals surface area contributed by atoms with Crippen LogP contribution in [-0.2, 0) is 10.0 Å². The number of benzene rings is 1. The molecule has 2 aromatic rings. The molecule has 2 heterocycles. The Morgan fingerprint density at radius 2 is 2.10 bits per heavy atom. The molecule has 1 aromatic carbocycles. The number of sulfonamides is 1. The first kappa shape index (κ1) is 15.0. The van der Waals surface area contributed by atoms with Gasteiger partial charge in [0.1, 0.15) is 4.21 Å². The summed E-state index contributed by atoms with van der Waals surface area (Å²) in [5.41, 5.74) is 2.15. The fourth-order valence-corrected chi connectivity index (χ4v) is 6.28. The first-order chi connectivity index (χ1) is 9.91. The van der Waals surface area contributed by atoms with Gasteiger partial charge in [0.25, 0.3) is 10.0 Å². The van der Waals surface area contributed by atoms with Crippen molar-refractivity contribution in [1.82, 2.24) is 0 Å². The molecule has 0 amide bonds. The van der Waals surface area contributed by atoms with Crippen LogP contribution >= 0.6 is 27.3 Å². The van der Waals surface area contributed by atoms with E-state index in [4.69, 9.17) is 0 Å². The predicted octanol–water partition coefficient (Wildman–Crippen LogP) is 3.45. The van der Waals surface area contributed by atoms with E-state index < -0.39 is 16.1 Å². The van der Waals surface area contributed by atoms with Gasteiger partial charge in [0.05, 0.1) is 15.6 Å². The minimum Gasteiger partial charge on any atom is -0.388 e. The van der Waals surface area contributed by atoms with E-state index in [1.165, 1.54) is 15.6 Å². The molecule has 3 rings (SSSR count). The van der Waals surface area contributed by atoms with Gasteiger partial charge in [0.2, 0.25) is 0 Å². The molecule has 0 saturated heterocycles. The first-order valence-electron chi connectivity index (χ1n) is 6.47. The lowest BCUT2D eigenvalue weighted by Gasteiger charge is -2.33. The highest BCUT2D eigenvalue weighted by Gasteiger charge is 2.34. The summed E-state index contributed by atoms with van der Waals surface area (Å²) in [4.78, 5) is 0. The molecule has 112 valence electrons. The number of aliphatic hydroxyl groups is 1. The highest BCUT2D eigenvalue weighted by Crippen LogP contribution is 2.40. The lowest BCUT2D eigenvalue weighted by atomic mass is 9.98. The number of rotatable bonds is 2. The largest absolute Gasteiger partial charge is 0.388 e. The van der Waals surface area contributed by atoms with Gasteiger partial charge in [-0.25, -0.2) is 8.42 Å². The van der Waals surface area contributed by atoms with Gasteiger partial charge in [-0.05, 0) is 47.0 Å². The molecular formula is C14H14BrNO3S2. The Morgan fingerprint density at radius 1 is 1.33 bits per heavy atom. The summed E-state index contributed by atoms with van der Waals surface area (Å²) in [6, 6.07) is 8.83. The van der Waals surface area contributed by atoms with E-state index in [-0.39, 0.29) is 6.54 Å². The van der Waals surface area contributed by atoms with E-state index in [2.05, 4.69) is 15.9 Å².